The Bertz CT molecular complexity index is 869. The Morgan fingerprint density at radius 2 is 2.00 bits per heavy atom. The summed E-state index contributed by atoms with van der Waals surface area (Å²) in [4.78, 5) is 14.7. The first-order chi connectivity index (χ1) is 13.9. The number of H-pyrrole nitrogens is 1. The lowest BCUT2D eigenvalue weighted by Gasteiger charge is -2.45. The van der Waals surface area contributed by atoms with Crippen LogP contribution in [-0.2, 0) is 0 Å². The van der Waals surface area contributed by atoms with Gasteiger partial charge in [-0.15, -0.1) is 0 Å². The molecule has 2 aromatic rings. The lowest BCUT2D eigenvalue weighted by molar-refractivity contribution is 0.0454. The molecule has 160 valence electrons. The molecule has 2 N–H and O–H groups in total. The summed E-state index contributed by atoms with van der Waals surface area (Å²) in [6.07, 6.45) is 8.61. The predicted molar refractivity (Wildman–Crippen MR) is 122 cm³/mol. The molecule has 4 nitrogen and oxygen atoms in total. The van der Waals surface area contributed by atoms with E-state index in [2.05, 4.69) is 38.0 Å². The average Bonchev–Trinajstić information content (AvgIpc) is 2.71. The number of hydrogen-bond donors (Lipinski definition) is 2. The molecule has 29 heavy (non-hydrogen) atoms. The number of nitrogens with one attached hydrogen (secondary N) is 2. The van der Waals surface area contributed by atoms with Crippen molar-refractivity contribution in [3.63, 3.8) is 0 Å². The second-order valence-electron chi connectivity index (χ2n) is 8.97. The van der Waals surface area contributed by atoms with Gasteiger partial charge in [-0.1, -0.05) is 39.3 Å². The molecule has 1 heterocycles. The van der Waals surface area contributed by atoms with Gasteiger partial charge >= 0.3 is 0 Å². The van der Waals surface area contributed by atoms with Gasteiger partial charge in [-0.25, -0.2) is 0 Å². The number of aromatic amines is 1. The first kappa shape index (κ1) is 22.2. The maximum Gasteiger partial charge on any atom is 0.255 e. The van der Waals surface area contributed by atoms with E-state index in [0.717, 1.165) is 31.2 Å². The fraction of sp³-hybridized carbons (Fsp3) is 0.625. The summed E-state index contributed by atoms with van der Waals surface area (Å²) >= 11 is 6.43. The number of hydrogen-bond acceptors (Lipinski definition) is 3. The molecule has 5 heteroatoms. The average molecular weight is 419 g/mol. The zero-order chi connectivity index (χ0) is 21.0. The van der Waals surface area contributed by atoms with Crippen molar-refractivity contribution in [2.45, 2.75) is 78.4 Å². The smallest absolute Gasteiger partial charge is 0.255 e. The van der Waals surface area contributed by atoms with E-state index in [1.807, 2.05) is 12.1 Å². The van der Waals surface area contributed by atoms with Crippen LogP contribution in [0, 0.1) is 11.3 Å². The van der Waals surface area contributed by atoms with Crippen molar-refractivity contribution in [2.24, 2.45) is 11.3 Å². The Labute approximate surface area is 179 Å². The Morgan fingerprint density at radius 1 is 1.28 bits per heavy atom. The minimum absolute atomic E-state index is 0.124. The van der Waals surface area contributed by atoms with Crippen molar-refractivity contribution in [3.05, 3.63) is 39.8 Å². The van der Waals surface area contributed by atoms with Crippen molar-refractivity contribution >= 4 is 22.4 Å². The quantitative estimate of drug-likeness (QED) is 0.559. The molecule has 0 radical (unpaired) electrons. The van der Waals surface area contributed by atoms with Crippen LogP contribution in [0.25, 0.3) is 10.8 Å². The van der Waals surface area contributed by atoms with Gasteiger partial charge in [-0.3, -0.25) is 4.79 Å². The first-order valence-corrected chi connectivity index (χ1v) is 11.5. The normalized spacial score (nSPS) is 23.4. The summed E-state index contributed by atoms with van der Waals surface area (Å²) in [5, 5.41) is 5.80. The van der Waals surface area contributed by atoms with Crippen LogP contribution in [0.5, 0.6) is 5.75 Å². The number of ether oxygens (including phenoxy) is 1. The maximum absolute atomic E-state index is 12.0. The highest BCUT2D eigenvalue weighted by Crippen LogP contribution is 2.44. The maximum atomic E-state index is 12.0. The minimum Gasteiger partial charge on any atom is -0.489 e. The molecule has 1 saturated carbocycles. The lowest BCUT2D eigenvalue weighted by Crippen LogP contribution is -2.48. The Kier molecular flexibility index (Phi) is 7.28. The van der Waals surface area contributed by atoms with Crippen molar-refractivity contribution < 1.29 is 4.74 Å². The molecule has 3 rings (SSSR count). The number of rotatable bonds is 8. The Hall–Kier alpha value is -1.52. The molecule has 1 aromatic carbocycles. The largest absolute Gasteiger partial charge is 0.489 e. The Morgan fingerprint density at radius 3 is 2.62 bits per heavy atom. The van der Waals surface area contributed by atoms with Gasteiger partial charge in [0.05, 0.1) is 11.1 Å². The third-order valence-electron chi connectivity index (χ3n) is 6.67. The molecule has 1 atom stereocenters. The fourth-order valence-electron chi connectivity index (χ4n) is 4.86. The molecule has 0 spiro atoms. The van der Waals surface area contributed by atoms with Gasteiger partial charge < -0.3 is 15.0 Å². The molecule has 1 aliphatic rings. The van der Waals surface area contributed by atoms with Crippen LogP contribution in [0.1, 0.15) is 66.2 Å². The second kappa shape index (κ2) is 9.53. The summed E-state index contributed by atoms with van der Waals surface area (Å²) in [6, 6.07) is 6.06. The highest BCUT2D eigenvalue weighted by molar-refractivity contribution is 6.32. The van der Waals surface area contributed by atoms with Gasteiger partial charge in [0, 0.05) is 17.6 Å². The van der Waals surface area contributed by atoms with Crippen LogP contribution in [0.3, 0.4) is 0 Å². The second-order valence-corrected chi connectivity index (χ2v) is 9.38. The van der Waals surface area contributed by atoms with E-state index >= 15 is 0 Å². The Balaban J connectivity index is 1.69. The van der Waals surface area contributed by atoms with E-state index in [4.69, 9.17) is 16.3 Å². The minimum atomic E-state index is -0.124. The molecule has 0 bridgehead atoms. The van der Waals surface area contributed by atoms with Crippen molar-refractivity contribution in [1.82, 2.24) is 10.3 Å². The van der Waals surface area contributed by atoms with Crippen LogP contribution in [0.15, 0.2) is 29.2 Å². The highest BCUT2D eigenvalue weighted by atomic mass is 35.5. The van der Waals surface area contributed by atoms with Crippen molar-refractivity contribution in [2.75, 3.05) is 6.54 Å². The number of pyridine rings is 1. The van der Waals surface area contributed by atoms with Gasteiger partial charge in [0.15, 0.2) is 0 Å². The number of halogens is 1. The zero-order valence-corrected chi connectivity index (χ0v) is 18.9. The molecule has 0 amide bonds. The summed E-state index contributed by atoms with van der Waals surface area (Å²) in [5.74, 6) is 1.35. The zero-order valence-electron chi connectivity index (χ0n) is 18.2. The van der Waals surface area contributed by atoms with Crippen LogP contribution in [0.2, 0.25) is 5.02 Å². The fourth-order valence-corrected chi connectivity index (χ4v) is 5.07. The topological polar surface area (TPSA) is 54.1 Å². The summed E-state index contributed by atoms with van der Waals surface area (Å²) in [6.45, 7) is 10.2. The molecule has 1 aliphatic carbocycles. The van der Waals surface area contributed by atoms with Crippen LogP contribution in [-0.4, -0.2) is 23.7 Å². The summed E-state index contributed by atoms with van der Waals surface area (Å²) < 4.78 is 6.32. The van der Waals surface area contributed by atoms with E-state index in [1.165, 1.54) is 19.3 Å². The van der Waals surface area contributed by atoms with Crippen LogP contribution >= 0.6 is 11.6 Å². The van der Waals surface area contributed by atoms with Crippen molar-refractivity contribution in [1.29, 1.82) is 0 Å². The summed E-state index contributed by atoms with van der Waals surface area (Å²) in [5.41, 5.74) is 0.227. The van der Waals surface area contributed by atoms with E-state index in [0.29, 0.717) is 33.5 Å². The van der Waals surface area contributed by atoms with Gasteiger partial charge in [0.25, 0.3) is 5.56 Å². The number of fused-ring (bicyclic) bond motifs is 1. The van der Waals surface area contributed by atoms with Gasteiger partial charge in [-0.2, -0.15) is 0 Å². The van der Waals surface area contributed by atoms with Gasteiger partial charge in [0.1, 0.15) is 5.75 Å². The number of aromatic nitrogens is 1. The van der Waals surface area contributed by atoms with E-state index in [1.54, 1.807) is 12.3 Å². The van der Waals surface area contributed by atoms with Crippen LogP contribution in [0.4, 0.5) is 0 Å². The van der Waals surface area contributed by atoms with Crippen molar-refractivity contribution in [3.8, 4) is 5.75 Å². The number of benzene rings is 1. The van der Waals surface area contributed by atoms with Gasteiger partial charge in [0.2, 0.25) is 0 Å². The first-order valence-electron chi connectivity index (χ1n) is 11.1. The monoisotopic (exact) mass is 418 g/mol. The molecule has 0 aliphatic heterocycles. The molecule has 1 aromatic heterocycles. The SMILES string of the molecule is CCC(NCC(C)C)C1(CC)CCC(Oc2cc3cc[nH]c(=O)c3cc2Cl)CC1. The summed E-state index contributed by atoms with van der Waals surface area (Å²) in [7, 11) is 0. The van der Waals surface area contributed by atoms with E-state index < -0.39 is 0 Å². The lowest BCUT2D eigenvalue weighted by atomic mass is 9.66. The molecule has 1 fully saturated rings. The molecule has 1 unspecified atom stereocenters. The van der Waals surface area contributed by atoms with E-state index in [9.17, 15) is 4.79 Å². The predicted octanol–water partition coefficient (Wildman–Crippen LogP) is 5.92. The van der Waals surface area contributed by atoms with Crippen LogP contribution < -0.4 is 15.6 Å². The third kappa shape index (κ3) is 4.97. The molecular formula is C24H35ClN2O2. The third-order valence-corrected chi connectivity index (χ3v) is 6.97. The van der Waals surface area contributed by atoms with E-state index in [-0.39, 0.29) is 11.7 Å². The van der Waals surface area contributed by atoms with Gasteiger partial charge in [-0.05, 0) is 80.0 Å². The standard InChI is InChI=1S/C24H35ClN2O2/c1-5-22(27-15-16(3)4)24(6-2)10-7-18(8-11-24)29-21-13-17-9-12-26-23(28)19(17)14-20(21)25/h9,12-14,16,18,22,27H,5-8,10-11,15H2,1-4H3,(H,26,28). The highest BCUT2D eigenvalue weighted by Gasteiger charge is 2.40. The molecular weight excluding hydrogens is 384 g/mol. The molecule has 0 saturated heterocycles.